The van der Waals surface area contributed by atoms with Gasteiger partial charge in [-0.1, -0.05) is 63.2 Å². The van der Waals surface area contributed by atoms with Crippen LogP contribution in [-0.4, -0.2) is 76.1 Å². The molecule has 9 heteroatoms. The van der Waals surface area contributed by atoms with E-state index < -0.39 is 0 Å². The van der Waals surface area contributed by atoms with Crippen molar-refractivity contribution in [3.05, 3.63) is 46.6 Å². The zero-order chi connectivity index (χ0) is 26.7. The van der Waals surface area contributed by atoms with Gasteiger partial charge in [-0.15, -0.1) is 0 Å². The smallest absolute Gasteiger partial charge is 0.254 e. The molecule has 1 aromatic heterocycles. The first kappa shape index (κ1) is 27.7. The molecule has 0 N–H and O–H groups in total. The minimum Gasteiger partial charge on any atom is -0.353 e. The summed E-state index contributed by atoms with van der Waals surface area (Å²) in [6, 6.07) is 9.73. The Kier molecular flexibility index (Phi) is 8.69. The third-order valence-electron chi connectivity index (χ3n) is 7.33. The maximum atomic E-state index is 13.2. The predicted molar refractivity (Wildman–Crippen MR) is 151 cm³/mol. The maximum absolute atomic E-state index is 13.2. The second-order valence-electron chi connectivity index (χ2n) is 11.3. The van der Waals surface area contributed by atoms with Crippen LogP contribution in [0.1, 0.15) is 63.4 Å². The molecular formula is C28H38ClN5O2S. The molecule has 3 heterocycles. The lowest BCUT2D eigenvalue weighted by Gasteiger charge is -2.40. The topological polar surface area (TPSA) is 69.6 Å². The van der Waals surface area contributed by atoms with Crippen molar-refractivity contribution in [2.45, 2.75) is 64.1 Å². The van der Waals surface area contributed by atoms with E-state index in [-0.39, 0.29) is 23.3 Å². The zero-order valence-corrected chi connectivity index (χ0v) is 24.1. The minimum atomic E-state index is 0.0106. The number of amides is 2. The lowest BCUT2D eigenvalue weighted by atomic mass is 9.86. The van der Waals surface area contributed by atoms with Crippen molar-refractivity contribution < 1.29 is 9.59 Å². The van der Waals surface area contributed by atoms with Crippen molar-refractivity contribution in [1.29, 1.82) is 0 Å². The average molecular weight is 544 g/mol. The first-order chi connectivity index (χ1) is 17.5. The molecule has 4 rings (SSSR count). The Morgan fingerprint density at radius 1 is 1.03 bits per heavy atom. The SMILES string of the molecule is CC1CCN(C(=O)CSc2nc(Cl)cc(N3CCN(C(=O)c4ccc(C(C)(C)C)cc4)C(C)C3)n2)CC1. The zero-order valence-electron chi connectivity index (χ0n) is 22.5. The normalized spacial score (nSPS) is 19.3. The summed E-state index contributed by atoms with van der Waals surface area (Å²) in [4.78, 5) is 40.9. The summed E-state index contributed by atoms with van der Waals surface area (Å²) in [6.07, 6.45) is 2.12. The fraction of sp³-hybridized carbons (Fsp3) is 0.571. The molecule has 0 spiro atoms. The number of aromatic nitrogens is 2. The third-order valence-corrected chi connectivity index (χ3v) is 8.36. The van der Waals surface area contributed by atoms with Gasteiger partial charge in [-0.05, 0) is 48.8 Å². The third kappa shape index (κ3) is 6.96. The predicted octanol–water partition coefficient (Wildman–Crippen LogP) is 5.13. The Labute approximate surface area is 230 Å². The first-order valence-corrected chi connectivity index (χ1v) is 14.5. The fourth-order valence-electron chi connectivity index (χ4n) is 4.83. The van der Waals surface area contributed by atoms with Gasteiger partial charge in [0, 0.05) is 50.4 Å². The number of piperidine rings is 1. The number of hydrogen-bond donors (Lipinski definition) is 0. The molecule has 2 fully saturated rings. The first-order valence-electron chi connectivity index (χ1n) is 13.1. The Morgan fingerprint density at radius 2 is 1.70 bits per heavy atom. The van der Waals surface area contributed by atoms with E-state index in [1.807, 2.05) is 34.1 Å². The van der Waals surface area contributed by atoms with Crippen LogP contribution < -0.4 is 4.90 Å². The van der Waals surface area contributed by atoms with Crippen LogP contribution in [0, 0.1) is 5.92 Å². The Morgan fingerprint density at radius 3 is 2.32 bits per heavy atom. The Balaban J connectivity index is 1.36. The van der Waals surface area contributed by atoms with Crippen molar-refractivity contribution in [2.75, 3.05) is 43.4 Å². The van der Waals surface area contributed by atoms with Gasteiger partial charge in [0.1, 0.15) is 11.0 Å². The largest absolute Gasteiger partial charge is 0.353 e. The van der Waals surface area contributed by atoms with Crippen LogP contribution in [0.3, 0.4) is 0 Å². The van der Waals surface area contributed by atoms with E-state index in [4.69, 9.17) is 16.6 Å². The number of thioether (sulfide) groups is 1. The van der Waals surface area contributed by atoms with E-state index in [0.29, 0.717) is 47.2 Å². The maximum Gasteiger partial charge on any atom is 0.254 e. The van der Waals surface area contributed by atoms with Crippen LogP contribution >= 0.6 is 23.4 Å². The highest BCUT2D eigenvalue weighted by Crippen LogP contribution is 2.26. The highest BCUT2D eigenvalue weighted by molar-refractivity contribution is 7.99. The number of anilines is 1. The molecule has 0 aliphatic carbocycles. The molecule has 0 radical (unpaired) electrons. The summed E-state index contributed by atoms with van der Waals surface area (Å²) >= 11 is 7.67. The summed E-state index contributed by atoms with van der Waals surface area (Å²) in [6.45, 7) is 14.3. The molecule has 1 aromatic carbocycles. The van der Waals surface area contributed by atoms with E-state index >= 15 is 0 Å². The number of halogens is 1. The summed E-state index contributed by atoms with van der Waals surface area (Å²) in [7, 11) is 0. The lowest BCUT2D eigenvalue weighted by molar-refractivity contribution is -0.129. The quantitative estimate of drug-likeness (QED) is 0.296. The molecule has 7 nitrogen and oxygen atoms in total. The van der Waals surface area contributed by atoms with Gasteiger partial charge < -0.3 is 14.7 Å². The van der Waals surface area contributed by atoms with Gasteiger partial charge in [-0.3, -0.25) is 9.59 Å². The molecule has 0 bridgehead atoms. The molecule has 2 aromatic rings. The van der Waals surface area contributed by atoms with Crippen molar-refractivity contribution >= 4 is 41.0 Å². The number of rotatable bonds is 5. The molecule has 1 unspecified atom stereocenters. The average Bonchev–Trinajstić information content (AvgIpc) is 2.86. The highest BCUT2D eigenvalue weighted by atomic mass is 35.5. The number of hydrogen-bond acceptors (Lipinski definition) is 6. The molecule has 2 saturated heterocycles. The van der Waals surface area contributed by atoms with Crippen LogP contribution in [0.2, 0.25) is 5.15 Å². The van der Waals surface area contributed by atoms with Gasteiger partial charge in [0.15, 0.2) is 5.16 Å². The van der Waals surface area contributed by atoms with Crippen LogP contribution in [0.25, 0.3) is 0 Å². The molecule has 2 aliphatic rings. The number of benzene rings is 1. The summed E-state index contributed by atoms with van der Waals surface area (Å²) in [5.41, 5.74) is 1.98. The summed E-state index contributed by atoms with van der Waals surface area (Å²) < 4.78 is 0. The van der Waals surface area contributed by atoms with Crippen LogP contribution in [0.5, 0.6) is 0 Å². The second kappa shape index (κ2) is 11.6. The monoisotopic (exact) mass is 543 g/mol. The van der Waals surface area contributed by atoms with Gasteiger partial charge in [0.25, 0.3) is 5.91 Å². The Hall–Kier alpha value is -2.32. The van der Waals surface area contributed by atoms with Crippen molar-refractivity contribution in [1.82, 2.24) is 19.8 Å². The van der Waals surface area contributed by atoms with Crippen molar-refractivity contribution in [2.24, 2.45) is 5.92 Å². The minimum absolute atomic E-state index is 0.0106. The Bertz CT molecular complexity index is 1110. The summed E-state index contributed by atoms with van der Waals surface area (Å²) in [5, 5.41) is 0.864. The van der Waals surface area contributed by atoms with Crippen LogP contribution in [0.4, 0.5) is 5.82 Å². The lowest BCUT2D eigenvalue weighted by Crippen LogP contribution is -2.54. The van der Waals surface area contributed by atoms with Gasteiger partial charge >= 0.3 is 0 Å². The highest BCUT2D eigenvalue weighted by Gasteiger charge is 2.29. The van der Waals surface area contributed by atoms with E-state index in [1.54, 1.807) is 6.07 Å². The fourth-order valence-corrected chi connectivity index (χ4v) is 5.82. The van der Waals surface area contributed by atoms with E-state index in [9.17, 15) is 9.59 Å². The number of likely N-dealkylation sites (tertiary alicyclic amines) is 1. The van der Waals surface area contributed by atoms with Gasteiger partial charge in [0.05, 0.1) is 5.75 Å². The van der Waals surface area contributed by atoms with Gasteiger partial charge in [0.2, 0.25) is 5.91 Å². The molecule has 37 heavy (non-hydrogen) atoms. The second-order valence-corrected chi connectivity index (χ2v) is 12.6. The summed E-state index contributed by atoms with van der Waals surface area (Å²) in [5.74, 6) is 1.90. The van der Waals surface area contributed by atoms with Crippen LogP contribution in [0.15, 0.2) is 35.5 Å². The molecule has 1 atom stereocenters. The van der Waals surface area contributed by atoms with Gasteiger partial charge in [-0.2, -0.15) is 0 Å². The van der Waals surface area contributed by atoms with Crippen molar-refractivity contribution in [3.8, 4) is 0 Å². The molecule has 200 valence electrons. The number of carbonyl (C=O) groups is 2. The number of piperazine rings is 1. The van der Waals surface area contributed by atoms with Crippen LogP contribution in [-0.2, 0) is 10.2 Å². The van der Waals surface area contributed by atoms with Crippen molar-refractivity contribution in [3.63, 3.8) is 0 Å². The standard InChI is InChI=1S/C28H38ClN5O2S/c1-19-10-12-32(13-11-19)25(35)18-37-27-30-23(29)16-24(31-27)33-14-15-34(20(2)17-33)26(36)21-6-8-22(9-7-21)28(3,4)5/h6-9,16,19-20H,10-15,17-18H2,1-5H3. The van der Waals surface area contributed by atoms with E-state index in [1.165, 1.54) is 17.3 Å². The van der Waals surface area contributed by atoms with E-state index in [0.717, 1.165) is 31.7 Å². The molecular weight excluding hydrogens is 506 g/mol. The molecule has 2 amide bonds. The van der Waals surface area contributed by atoms with Gasteiger partial charge in [-0.25, -0.2) is 9.97 Å². The number of carbonyl (C=O) groups excluding carboxylic acids is 2. The van der Waals surface area contributed by atoms with E-state index in [2.05, 4.69) is 44.5 Å². The molecule has 0 saturated carbocycles. The number of nitrogens with zero attached hydrogens (tertiary/aromatic N) is 5. The molecule has 2 aliphatic heterocycles.